The zero-order chi connectivity index (χ0) is 22.5. The van der Waals surface area contributed by atoms with Crippen LogP contribution in [0.15, 0.2) is 41.0 Å². The summed E-state index contributed by atoms with van der Waals surface area (Å²) in [6, 6.07) is 9.75. The number of nitrogens with zero attached hydrogens (tertiary/aromatic N) is 2. The maximum absolute atomic E-state index is 13.3. The minimum Gasteiger partial charge on any atom is -0.446 e. The van der Waals surface area contributed by atoms with E-state index in [-0.39, 0.29) is 30.0 Å². The summed E-state index contributed by atoms with van der Waals surface area (Å²) in [5.41, 5.74) is 1.18. The topological polar surface area (TPSA) is 93.9 Å². The second-order valence-electron chi connectivity index (χ2n) is 7.21. The summed E-state index contributed by atoms with van der Waals surface area (Å²) in [6.07, 6.45) is 3.42. The average molecular weight is 432 g/mol. The maximum Gasteiger partial charge on any atom is 0.273 e. The van der Waals surface area contributed by atoms with Crippen LogP contribution in [0.4, 0.5) is 0 Å². The van der Waals surface area contributed by atoms with Gasteiger partial charge in [-0.1, -0.05) is 37.3 Å². The molecule has 0 spiro atoms. The molecule has 1 N–H and O–H groups in total. The van der Waals surface area contributed by atoms with E-state index in [1.54, 1.807) is 19.1 Å². The van der Waals surface area contributed by atoms with Gasteiger partial charge in [0.05, 0.1) is 12.5 Å². The van der Waals surface area contributed by atoms with Gasteiger partial charge in [-0.15, -0.1) is 0 Å². The molecular weight excluding hydrogens is 398 g/mol. The number of rotatable bonds is 14. The van der Waals surface area contributed by atoms with Crippen LogP contribution in [0.25, 0.3) is 0 Å². The van der Waals surface area contributed by atoms with E-state index in [1.165, 1.54) is 6.26 Å². The van der Waals surface area contributed by atoms with Crippen LogP contribution in [0, 0.1) is 0 Å². The first kappa shape index (κ1) is 24.6. The summed E-state index contributed by atoms with van der Waals surface area (Å²) in [6.45, 7) is 4.32. The van der Waals surface area contributed by atoms with Gasteiger partial charge in [0.15, 0.2) is 5.69 Å². The van der Waals surface area contributed by atoms with Crippen LogP contribution < -0.4 is 5.32 Å². The number of carbonyl (C=O) groups excluding carboxylic acids is 2. The smallest absolute Gasteiger partial charge is 0.273 e. The molecule has 31 heavy (non-hydrogen) atoms. The van der Waals surface area contributed by atoms with Crippen molar-refractivity contribution in [2.75, 3.05) is 40.5 Å². The molecule has 0 aliphatic heterocycles. The highest BCUT2D eigenvalue weighted by Gasteiger charge is 2.26. The number of aromatic nitrogens is 1. The molecule has 0 bridgehead atoms. The summed E-state index contributed by atoms with van der Waals surface area (Å²) < 4.78 is 15.6. The lowest BCUT2D eigenvalue weighted by atomic mass is 9.95. The molecule has 2 amide bonds. The number of ether oxygens (including phenoxy) is 2. The quantitative estimate of drug-likeness (QED) is 0.462. The Kier molecular flexibility index (Phi) is 10.7. The zero-order valence-electron chi connectivity index (χ0n) is 18.6. The summed E-state index contributed by atoms with van der Waals surface area (Å²) in [4.78, 5) is 31.6. The van der Waals surface area contributed by atoms with Crippen molar-refractivity contribution in [1.29, 1.82) is 0 Å². The standard InChI is InChI=1S/C23H33N3O5/c1-4-19(18-10-6-5-7-11-18)23(28)26(13-9-15-30-3)16-21-25-20(17-31-21)22(27)24-12-8-14-29-2/h5-7,10-11,17,19H,4,8-9,12-16H2,1-3H3,(H,24,27)/t19-/m1/s1. The van der Waals surface area contributed by atoms with Crippen LogP contribution in [0.1, 0.15) is 54.0 Å². The van der Waals surface area contributed by atoms with Crippen LogP contribution in [0.3, 0.4) is 0 Å². The first-order valence-corrected chi connectivity index (χ1v) is 10.6. The highest BCUT2D eigenvalue weighted by atomic mass is 16.5. The van der Waals surface area contributed by atoms with Gasteiger partial charge in [0.2, 0.25) is 11.8 Å². The molecule has 2 rings (SSSR count). The summed E-state index contributed by atoms with van der Waals surface area (Å²) in [5, 5.41) is 2.78. The van der Waals surface area contributed by atoms with E-state index < -0.39 is 0 Å². The number of benzene rings is 1. The van der Waals surface area contributed by atoms with Crippen LogP contribution in [0.2, 0.25) is 0 Å². The molecular formula is C23H33N3O5. The van der Waals surface area contributed by atoms with E-state index >= 15 is 0 Å². The van der Waals surface area contributed by atoms with Gasteiger partial charge >= 0.3 is 0 Å². The van der Waals surface area contributed by atoms with E-state index in [9.17, 15) is 9.59 Å². The lowest BCUT2D eigenvalue weighted by Gasteiger charge is -2.26. The molecule has 0 saturated carbocycles. The van der Waals surface area contributed by atoms with Crippen LogP contribution in [-0.4, -0.2) is 62.2 Å². The fourth-order valence-electron chi connectivity index (χ4n) is 3.29. The number of methoxy groups -OCH3 is 2. The highest BCUT2D eigenvalue weighted by molar-refractivity contribution is 5.91. The van der Waals surface area contributed by atoms with Gasteiger partial charge in [0.1, 0.15) is 6.26 Å². The van der Waals surface area contributed by atoms with E-state index in [1.807, 2.05) is 37.3 Å². The van der Waals surface area contributed by atoms with Gasteiger partial charge in [0, 0.05) is 40.5 Å². The second-order valence-corrected chi connectivity index (χ2v) is 7.21. The van der Waals surface area contributed by atoms with E-state index in [4.69, 9.17) is 13.9 Å². The largest absolute Gasteiger partial charge is 0.446 e. The molecule has 1 aromatic carbocycles. The minimum absolute atomic E-state index is 0.00794. The molecule has 1 heterocycles. The lowest BCUT2D eigenvalue weighted by molar-refractivity contribution is -0.134. The fourth-order valence-corrected chi connectivity index (χ4v) is 3.29. The zero-order valence-corrected chi connectivity index (χ0v) is 18.6. The van der Waals surface area contributed by atoms with Gasteiger partial charge in [-0.2, -0.15) is 0 Å². The third-order valence-corrected chi connectivity index (χ3v) is 4.92. The van der Waals surface area contributed by atoms with Gasteiger partial charge in [0.25, 0.3) is 5.91 Å². The summed E-state index contributed by atoms with van der Waals surface area (Å²) in [5.74, 6) is -0.217. The third-order valence-electron chi connectivity index (χ3n) is 4.92. The molecule has 8 heteroatoms. The third kappa shape index (κ3) is 7.80. The van der Waals surface area contributed by atoms with Crippen LogP contribution in [0.5, 0.6) is 0 Å². The van der Waals surface area contributed by atoms with Gasteiger partial charge in [-0.3, -0.25) is 9.59 Å². The monoisotopic (exact) mass is 431 g/mol. The highest BCUT2D eigenvalue weighted by Crippen LogP contribution is 2.23. The Hall–Kier alpha value is -2.71. The number of amides is 2. The van der Waals surface area contributed by atoms with Crippen molar-refractivity contribution < 1.29 is 23.5 Å². The van der Waals surface area contributed by atoms with Gasteiger partial charge in [-0.05, 0) is 24.8 Å². The SMILES string of the molecule is CC[C@@H](C(=O)N(CCCOC)Cc1nc(C(=O)NCCCOC)co1)c1ccccc1. The van der Waals surface area contributed by atoms with Crippen molar-refractivity contribution in [3.8, 4) is 0 Å². The Morgan fingerprint density at radius 3 is 2.52 bits per heavy atom. The van der Waals surface area contributed by atoms with Crippen molar-refractivity contribution in [3.05, 3.63) is 53.7 Å². The van der Waals surface area contributed by atoms with E-state index in [0.717, 1.165) is 5.56 Å². The Morgan fingerprint density at radius 1 is 1.13 bits per heavy atom. The van der Waals surface area contributed by atoms with Crippen LogP contribution >= 0.6 is 0 Å². The molecule has 0 unspecified atom stereocenters. The molecule has 170 valence electrons. The number of oxazole rings is 1. The number of carbonyl (C=O) groups is 2. The Morgan fingerprint density at radius 2 is 1.84 bits per heavy atom. The lowest BCUT2D eigenvalue weighted by Crippen LogP contribution is -2.36. The first-order valence-electron chi connectivity index (χ1n) is 10.6. The second kappa shape index (κ2) is 13.6. The van der Waals surface area contributed by atoms with Crippen molar-refractivity contribution in [1.82, 2.24) is 15.2 Å². The van der Waals surface area contributed by atoms with Crippen molar-refractivity contribution >= 4 is 11.8 Å². The summed E-state index contributed by atoms with van der Waals surface area (Å²) >= 11 is 0. The molecule has 0 radical (unpaired) electrons. The minimum atomic E-state index is -0.306. The predicted molar refractivity (Wildman–Crippen MR) is 117 cm³/mol. The Bertz CT molecular complexity index is 794. The molecule has 1 aromatic heterocycles. The molecule has 0 saturated heterocycles. The number of hydrogen-bond donors (Lipinski definition) is 1. The van der Waals surface area contributed by atoms with Crippen molar-refractivity contribution in [3.63, 3.8) is 0 Å². The molecule has 8 nitrogen and oxygen atoms in total. The Balaban J connectivity index is 2.07. The molecule has 2 aromatic rings. The molecule has 0 aliphatic carbocycles. The normalized spacial score (nSPS) is 11.8. The maximum atomic E-state index is 13.3. The van der Waals surface area contributed by atoms with E-state index in [2.05, 4.69) is 10.3 Å². The predicted octanol–water partition coefficient (Wildman–Crippen LogP) is 3.00. The van der Waals surface area contributed by atoms with Crippen molar-refractivity contribution in [2.45, 2.75) is 38.6 Å². The molecule has 1 atom stereocenters. The van der Waals surface area contributed by atoms with E-state index in [0.29, 0.717) is 51.5 Å². The average Bonchev–Trinajstić information content (AvgIpc) is 3.26. The fraction of sp³-hybridized carbons (Fsp3) is 0.522. The Labute approximate surface area is 183 Å². The van der Waals surface area contributed by atoms with Crippen LogP contribution in [-0.2, 0) is 20.8 Å². The number of hydrogen-bond acceptors (Lipinski definition) is 6. The van der Waals surface area contributed by atoms with Gasteiger partial charge in [-0.25, -0.2) is 4.98 Å². The number of nitrogens with one attached hydrogen (secondary N) is 1. The molecule has 0 aliphatic rings. The first-order chi connectivity index (χ1) is 15.1. The molecule has 0 fully saturated rings. The van der Waals surface area contributed by atoms with Gasteiger partial charge < -0.3 is 24.1 Å². The van der Waals surface area contributed by atoms with Crippen molar-refractivity contribution in [2.24, 2.45) is 0 Å². The summed E-state index contributed by atoms with van der Waals surface area (Å²) in [7, 11) is 3.25.